The number of carbonyl (C=O) groups excluding carboxylic acids is 1. The van der Waals surface area contributed by atoms with Crippen LogP contribution in [0.3, 0.4) is 0 Å². The van der Waals surface area contributed by atoms with Crippen molar-refractivity contribution in [1.82, 2.24) is 20.1 Å². The van der Waals surface area contributed by atoms with E-state index >= 15 is 0 Å². The van der Waals surface area contributed by atoms with Gasteiger partial charge in [0.2, 0.25) is 0 Å². The Bertz CT molecular complexity index is 1080. The van der Waals surface area contributed by atoms with Gasteiger partial charge in [0, 0.05) is 30.0 Å². The van der Waals surface area contributed by atoms with Gasteiger partial charge in [-0.05, 0) is 44.7 Å². The minimum Gasteiger partial charge on any atom is -0.475 e. The molecule has 2 N–H and O–H groups in total. The van der Waals surface area contributed by atoms with E-state index in [4.69, 9.17) is 19.4 Å². The molecule has 12 heteroatoms. The van der Waals surface area contributed by atoms with Gasteiger partial charge in [-0.25, -0.2) is 4.79 Å². The molecule has 2 fully saturated rings. The quantitative estimate of drug-likeness (QED) is 0.668. The first-order valence-corrected chi connectivity index (χ1v) is 11.4. The Balaban J connectivity index is 0.000000364. The predicted molar refractivity (Wildman–Crippen MR) is 116 cm³/mol. The summed E-state index contributed by atoms with van der Waals surface area (Å²) in [5.41, 5.74) is 4.54. The van der Waals surface area contributed by atoms with Gasteiger partial charge in [-0.1, -0.05) is 6.07 Å². The van der Waals surface area contributed by atoms with E-state index in [1.165, 1.54) is 0 Å². The zero-order valence-electron chi connectivity index (χ0n) is 19.2. The molecule has 2 aromatic heterocycles. The van der Waals surface area contributed by atoms with Crippen molar-refractivity contribution in [3.05, 3.63) is 46.5 Å². The first-order chi connectivity index (χ1) is 16.6. The zero-order valence-corrected chi connectivity index (χ0v) is 19.2. The van der Waals surface area contributed by atoms with Gasteiger partial charge in [-0.2, -0.15) is 18.3 Å². The van der Waals surface area contributed by atoms with E-state index in [-0.39, 0.29) is 17.6 Å². The Hall–Kier alpha value is -2.99. The number of likely N-dealkylation sites (tertiary alicyclic amines) is 1. The van der Waals surface area contributed by atoms with Crippen LogP contribution in [0.4, 0.5) is 13.2 Å². The summed E-state index contributed by atoms with van der Waals surface area (Å²) in [4.78, 5) is 28.1. The van der Waals surface area contributed by atoms with Gasteiger partial charge in [0.15, 0.2) is 5.69 Å². The molecule has 1 amide bonds. The number of nitrogens with one attached hydrogen (secondary N) is 1. The number of hydrogen-bond acceptors (Lipinski definition) is 6. The van der Waals surface area contributed by atoms with Crippen molar-refractivity contribution in [2.75, 3.05) is 19.7 Å². The molecule has 0 bridgehead atoms. The highest BCUT2D eigenvalue weighted by molar-refractivity contribution is 5.95. The van der Waals surface area contributed by atoms with Crippen LogP contribution in [0.25, 0.3) is 0 Å². The van der Waals surface area contributed by atoms with E-state index in [1.807, 2.05) is 30.0 Å². The lowest BCUT2D eigenvalue weighted by Gasteiger charge is -2.52. The summed E-state index contributed by atoms with van der Waals surface area (Å²) in [5, 5.41) is 14.4. The lowest BCUT2D eigenvalue weighted by Crippen LogP contribution is -2.67. The van der Waals surface area contributed by atoms with Crippen molar-refractivity contribution >= 4 is 11.9 Å². The van der Waals surface area contributed by atoms with E-state index in [9.17, 15) is 18.0 Å². The van der Waals surface area contributed by atoms with Crippen LogP contribution in [0.1, 0.15) is 52.4 Å². The summed E-state index contributed by atoms with van der Waals surface area (Å²) in [5.74, 6) is -2.73. The lowest BCUT2D eigenvalue weighted by molar-refractivity contribution is -0.192. The number of aliphatic carboxylic acids is 1. The van der Waals surface area contributed by atoms with Crippen LogP contribution >= 0.6 is 0 Å². The first-order valence-electron chi connectivity index (χ1n) is 11.4. The Morgan fingerprint density at radius 2 is 2.06 bits per heavy atom. The third-order valence-electron chi connectivity index (χ3n) is 6.36. The molecular formula is C23H27F3N4O5. The number of pyridine rings is 1. The molecule has 4 heterocycles. The Morgan fingerprint density at radius 3 is 2.74 bits per heavy atom. The number of carbonyl (C=O) groups is 2. The minimum absolute atomic E-state index is 0.0284. The second kappa shape index (κ2) is 9.94. The Morgan fingerprint density at radius 1 is 1.31 bits per heavy atom. The summed E-state index contributed by atoms with van der Waals surface area (Å²) < 4.78 is 43.9. The molecule has 1 aliphatic carbocycles. The number of amides is 1. The molecule has 5 rings (SSSR count). The Labute approximate surface area is 199 Å². The molecular weight excluding hydrogens is 469 g/mol. The molecule has 1 unspecified atom stereocenters. The standard InChI is InChI=1S/C21H26N4O3.C2HF3O2/c1-14-4-2-5-15(22-14)11-27-16-8-9-28-21(10-16)12-25(13-21)20(26)19-17-6-3-7-18(17)23-24-19;3-2(4,5)1(6)7/h2,4-5,16H,3,6-13H2,1H3,(H,23,24);(H,6,7). The number of carboxylic acids is 1. The number of ether oxygens (including phenoxy) is 2. The average molecular weight is 496 g/mol. The molecule has 35 heavy (non-hydrogen) atoms. The van der Waals surface area contributed by atoms with Crippen LogP contribution in [0.15, 0.2) is 18.2 Å². The van der Waals surface area contributed by atoms with Crippen molar-refractivity contribution < 1.29 is 37.3 Å². The van der Waals surface area contributed by atoms with Gasteiger partial charge in [-0.15, -0.1) is 0 Å². The topological polar surface area (TPSA) is 118 Å². The van der Waals surface area contributed by atoms with Crippen molar-refractivity contribution in [2.24, 2.45) is 0 Å². The van der Waals surface area contributed by atoms with Gasteiger partial charge in [-0.3, -0.25) is 14.9 Å². The van der Waals surface area contributed by atoms with Crippen LogP contribution in [-0.2, 0) is 33.7 Å². The highest BCUT2D eigenvalue weighted by Crippen LogP contribution is 2.37. The molecule has 2 aliphatic heterocycles. The summed E-state index contributed by atoms with van der Waals surface area (Å²) in [6, 6.07) is 5.99. The number of aromatic nitrogens is 3. The van der Waals surface area contributed by atoms with Crippen LogP contribution in [0, 0.1) is 6.92 Å². The smallest absolute Gasteiger partial charge is 0.475 e. The monoisotopic (exact) mass is 496 g/mol. The number of halogens is 3. The summed E-state index contributed by atoms with van der Waals surface area (Å²) in [6.45, 7) is 4.42. The van der Waals surface area contributed by atoms with Gasteiger partial charge in [0.25, 0.3) is 5.91 Å². The Kier molecular flexibility index (Phi) is 7.13. The van der Waals surface area contributed by atoms with Crippen molar-refractivity contribution in [3.8, 4) is 0 Å². The molecule has 1 atom stereocenters. The van der Waals surface area contributed by atoms with E-state index in [1.54, 1.807) is 0 Å². The van der Waals surface area contributed by atoms with Crippen molar-refractivity contribution in [1.29, 1.82) is 0 Å². The number of alkyl halides is 3. The zero-order chi connectivity index (χ0) is 25.2. The molecule has 1 spiro atoms. The predicted octanol–water partition coefficient (Wildman–Crippen LogP) is 2.83. The van der Waals surface area contributed by atoms with Gasteiger partial charge < -0.3 is 19.5 Å². The fourth-order valence-corrected chi connectivity index (χ4v) is 4.67. The lowest BCUT2D eigenvalue weighted by atomic mass is 9.84. The van der Waals surface area contributed by atoms with Crippen LogP contribution in [0.5, 0.6) is 0 Å². The maximum atomic E-state index is 12.8. The van der Waals surface area contributed by atoms with Gasteiger partial charge in [0.05, 0.1) is 31.5 Å². The molecule has 0 aromatic carbocycles. The average Bonchev–Trinajstić information content (AvgIpc) is 3.40. The van der Waals surface area contributed by atoms with Gasteiger partial charge in [0.1, 0.15) is 5.60 Å². The maximum Gasteiger partial charge on any atom is 0.490 e. The molecule has 190 valence electrons. The molecule has 9 nitrogen and oxygen atoms in total. The van der Waals surface area contributed by atoms with Crippen molar-refractivity contribution in [2.45, 2.75) is 63.5 Å². The second-order valence-corrected chi connectivity index (χ2v) is 9.07. The van der Waals surface area contributed by atoms with Crippen LogP contribution in [-0.4, -0.2) is 74.6 Å². The molecule has 0 radical (unpaired) electrons. The minimum atomic E-state index is -5.08. The molecule has 3 aliphatic rings. The van der Waals surface area contributed by atoms with Crippen molar-refractivity contribution in [3.63, 3.8) is 0 Å². The van der Waals surface area contributed by atoms with Gasteiger partial charge >= 0.3 is 12.1 Å². The van der Waals surface area contributed by atoms with E-state index in [2.05, 4.69) is 15.2 Å². The summed E-state index contributed by atoms with van der Waals surface area (Å²) >= 11 is 0. The molecule has 2 aromatic rings. The fraction of sp³-hybridized carbons (Fsp3) is 0.565. The number of aryl methyl sites for hydroxylation is 2. The maximum absolute atomic E-state index is 12.8. The summed E-state index contributed by atoms with van der Waals surface area (Å²) in [7, 11) is 0. The number of hydrogen-bond donors (Lipinski definition) is 2. The number of carboxylic acid groups (broad SMARTS) is 1. The number of fused-ring (bicyclic) bond motifs is 1. The van der Waals surface area contributed by atoms with E-state index in [0.717, 1.165) is 54.7 Å². The van der Waals surface area contributed by atoms with Crippen LogP contribution < -0.4 is 0 Å². The van der Waals surface area contributed by atoms with E-state index < -0.39 is 12.1 Å². The second-order valence-electron chi connectivity index (χ2n) is 9.07. The highest BCUT2D eigenvalue weighted by Gasteiger charge is 2.50. The number of rotatable bonds is 4. The van der Waals surface area contributed by atoms with Crippen LogP contribution in [0.2, 0.25) is 0 Å². The summed E-state index contributed by atoms with van der Waals surface area (Å²) in [6.07, 6.45) is -0.187. The molecule has 2 saturated heterocycles. The number of H-pyrrole nitrogens is 1. The highest BCUT2D eigenvalue weighted by atomic mass is 19.4. The third kappa shape index (κ3) is 5.81. The molecule has 0 saturated carbocycles. The SMILES string of the molecule is Cc1cccc(COC2CCOC3(C2)CN(C(=O)c2n[nH]c4c2CCC4)C3)n1.O=C(O)C(F)(F)F. The normalized spacial score (nSPS) is 20.6. The third-order valence-corrected chi connectivity index (χ3v) is 6.36. The number of nitrogens with zero attached hydrogens (tertiary/aromatic N) is 3. The first kappa shape index (κ1) is 25.1. The van der Waals surface area contributed by atoms with E-state index in [0.29, 0.717) is 32.0 Å². The number of aromatic amines is 1. The largest absolute Gasteiger partial charge is 0.490 e. The fourth-order valence-electron chi connectivity index (χ4n) is 4.67.